The number of methoxy groups -OCH3 is 1. The van der Waals surface area contributed by atoms with Crippen LogP contribution >= 0.6 is 0 Å². The van der Waals surface area contributed by atoms with Crippen molar-refractivity contribution in [1.29, 1.82) is 0 Å². The van der Waals surface area contributed by atoms with Gasteiger partial charge in [0.2, 0.25) is 5.88 Å². The number of halogens is 3. The zero-order valence-electron chi connectivity index (χ0n) is 22.3. The maximum absolute atomic E-state index is 13.6. The summed E-state index contributed by atoms with van der Waals surface area (Å²) in [5.74, 6) is 0.480. The van der Waals surface area contributed by atoms with E-state index in [0.717, 1.165) is 28.8 Å². The van der Waals surface area contributed by atoms with E-state index in [9.17, 15) is 18.0 Å². The number of hydrogen-bond donors (Lipinski definition) is 2. The molecule has 0 saturated carbocycles. The second kappa shape index (κ2) is 11.1. The van der Waals surface area contributed by atoms with Crippen molar-refractivity contribution in [3.05, 3.63) is 108 Å². The van der Waals surface area contributed by atoms with Gasteiger partial charge in [-0.05, 0) is 73.5 Å². The fourth-order valence-electron chi connectivity index (χ4n) is 4.15. The van der Waals surface area contributed by atoms with Gasteiger partial charge in [0, 0.05) is 52.8 Å². The molecule has 0 unspecified atom stereocenters. The lowest BCUT2D eigenvalue weighted by molar-refractivity contribution is -0.137. The number of ether oxygens (including phenoxy) is 1. The van der Waals surface area contributed by atoms with E-state index in [4.69, 9.17) is 4.74 Å². The summed E-state index contributed by atoms with van der Waals surface area (Å²) in [5, 5.41) is 5.84. The van der Waals surface area contributed by atoms with E-state index in [1.54, 1.807) is 56.9 Å². The lowest BCUT2D eigenvalue weighted by Gasteiger charge is -2.15. The van der Waals surface area contributed by atoms with Crippen molar-refractivity contribution in [2.24, 2.45) is 0 Å². The van der Waals surface area contributed by atoms with E-state index in [2.05, 4.69) is 25.6 Å². The van der Waals surface area contributed by atoms with E-state index >= 15 is 0 Å². The van der Waals surface area contributed by atoms with Crippen molar-refractivity contribution in [2.75, 3.05) is 17.7 Å². The van der Waals surface area contributed by atoms with Crippen LogP contribution in [0, 0.1) is 13.8 Å². The van der Waals surface area contributed by atoms with Gasteiger partial charge in [0.05, 0.1) is 24.7 Å². The third kappa shape index (κ3) is 6.35. The summed E-state index contributed by atoms with van der Waals surface area (Å²) in [6.07, 6.45) is 1.77. The van der Waals surface area contributed by atoms with Gasteiger partial charge in [0.1, 0.15) is 5.82 Å². The van der Waals surface area contributed by atoms with Crippen LogP contribution in [0.15, 0.2) is 85.6 Å². The largest absolute Gasteiger partial charge is 0.481 e. The normalized spacial score (nSPS) is 11.3. The molecular weight excluding hydrogens is 533 g/mol. The van der Waals surface area contributed by atoms with Crippen molar-refractivity contribution >= 4 is 23.1 Å². The average Bonchev–Trinajstić information content (AvgIpc) is 3.40. The molecule has 0 radical (unpaired) electrons. The van der Waals surface area contributed by atoms with Gasteiger partial charge in [-0.15, -0.1) is 0 Å². The van der Waals surface area contributed by atoms with E-state index in [-0.39, 0.29) is 16.9 Å². The number of carbonyl (C=O) groups excluding carboxylic acids is 1. The first kappa shape index (κ1) is 27.4. The van der Waals surface area contributed by atoms with Crippen LogP contribution in [-0.4, -0.2) is 32.5 Å². The number of amides is 1. The SMILES string of the molecule is COc1ccc(-c2ccnc(Nc3cc(C(=O)Nc4cc(-n5cnc(C)c5)cc(C(F)(F)F)c4)ccc3C)c2)cn1. The van der Waals surface area contributed by atoms with Crippen LogP contribution in [0.5, 0.6) is 5.88 Å². The van der Waals surface area contributed by atoms with Crippen LogP contribution in [0.25, 0.3) is 16.8 Å². The topological polar surface area (TPSA) is 94.0 Å². The van der Waals surface area contributed by atoms with E-state index < -0.39 is 17.6 Å². The maximum Gasteiger partial charge on any atom is 0.416 e. The standard InChI is InChI=1S/C30H25F3N6O2/c1-18-4-5-21(10-26(18)38-27-11-20(8-9-34-27)22-6-7-28(41-3)35-15-22)29(40)37-24-12-23(30(31,32)33)13-25(14-24)39-16-19(2)36-17-39/h4-17H,1-3H3,(H,34,38)(H,37,40). The highest BCUT2D eigenvalue weighted by Crippen LogP contribution is 2.33. The molecule has 0 saturated heterocycles. The molecule has 11 heteroatoms. The Hall–Kier alpha value is -5.19. The predicted molar refractivity (Wildman–Crippen MR) is 150 cm³/mol. The van der Waals surface area contributed by atoms with Gasteiger partial charge >= 0.3 is 6.18 Å². The third-order valence-electron chi connectivity index (χ3n) is 6.31. The molecule has 0 aliphatic rings. The highest BCUT2D eigenvalue weighted by Gasteiger charge is 2.31. The number of rotatable bonds is 7. The van der Waals surface area contributed by atoms with Gasteiger partial charge in [-0.2, -0.15) is 13.2 Å². The quantitative estimate of drug-likeness (QED) is 0.224. The number of hydrogen-bond acceptors (Lipinski definition) is 6. The molecule has 0 bridgehead atoms. The molecular formula is C30H25F3N6O2. The Morgan fingerprint density at radius 2 is 1.76 bits per heavy atom. The number of alkyl halides is 3. The number of aromatic nitrogens is 4. The first-order valence-corrected chi connectivity index (χ1v) is 12.5. The molecule has 0 atom stereocenters. The van der Waals surface area contributed by atoms with Crippen molar-refractivity contribution in [3.8, 4) is 22.7 Å². The number of anilines is 3. The van der Waals surface area contributed by atoms with Crippen molar-refractivity contribution in [1.82, 2.24) is 19.5 Å². The zero-order chi connectivity index (χ0) is 29.1. The van der Waals surface area contributed by atoms with Crippen molar-refractivity contribution in [3.63, 3.8) is 0 Å². The number of carbonyl (C=O) groups is 1. The second-order valence-corrected chi connectivity index (χ2v) is 9.32. The monoisotopic (exact) mass is 558 g/mol. The third-order valence-corrected chi connectivity index (χ3v) is 6.31. The van der Waals surface area contributed by atoms with Crippen molar-refractivity contribution in [2.45, 2.75) is 20.0 Å². The molecule has 208 valence electrons. The minimum absolute atomic E-state index is 0.00345. The zero-order valence-corrected chi connectivity index (χ0v) is 22.3. The molecule has 3 aromatic heterocycles. The summed E-state index contributed by atoms with van der Waals surface area (Å²) >= 11 is 0. The first-order chi connectivity index (χ1) is 19.6. The fraction of sp³-hybridized carbons (Fsp3) is 0.133. The molecule has 3 heterocycles. The molecule has 1 amide bonds. The summed E-state index contributed by atoms with van der Waals surface area (Å²) < 4.78 is 47.5. The van der Waals surface area contributed by atoms with Crippen molar-refractivity contribution < 1.29 is 22.7 Å². The van der Waals surface area contributed by atoms with Crippen LogP contribution in [0.4, 0.5) is 30.4 Å². The molecule has 2 aromatic carbocycles. The van der Waals surface area contributed by atoms with Gasteiger partial charge in [0.15, 0.2) is 0 Å². The molecule has 8 nitrogen and oxygen atoms in total. The predicted octanol–water partition coefficient (Wildman–Crippen LogP) is 6.97. The Labute approximate surface area is 233 Å². The number of pyridine rings is 2. The molecule has 0 aliphatic heterocycles. The van der Waals surface area contributed by atoms with Gasteiger partial charge in [-0.3, -0.25) is 4.79 Å². The second-order valence-electron chi connectivity index (χ2n) is 9.32. The summed E-state index contributed by atoms with van der Waals surface area (Å²) in [7, 11) is 1.55. The smallest absolute Gasteiger partial charge is 0.416 e. The lowest BCUT2D eigenvalue weighted by Crippen LogP contribution is -2.14. The molecule has 2 N–H and O–H groups in total. The van der Waals surface area contributed by atoms with Gasteiger partial charge in [-0.25, -0.2) is 15.0 Å². The molecule has 0 fully saturated rings. The van der Waals surface area contributed by atoms with E-state index in [0.29, 0.717) is 23.1 Å². The molecule has 41 heavy (non-hydrogen) atoms. The van der Waals surface area contributed by atoms with Crippen LogP contribution in [0.3, 0.4) is 0 Å². The van der Waals surface area contributed by atoms with Crippen LogP contribution in [-0.2, 0) is 6.18 Å². The highest BCUT2D eigenvalue weighted by molar-refractivity contribution is 6.05. The molecule has 0 aliphatic carbocycles. The average molecular weight is 559 g/mol. The summed E-state index contributed by atoms with van der Waals surface area (Å²) in [6, 6.07) is 15.7. The summed E-state index contributed by atoms with van der Waals surface area (Å²) in [5.41, 5.74) is 3.44. The Balaban J connectivity index is 1.39. The first-order valence-electron chi connectivity index (χ1n) is 12.5. The molecule has 5 aromatic rings. The Morgan fingerprint density at radius 1 is 0.927 bits per heavy atom. The highest BCUT2D eigenvalue weighted by atomic mass is 19.4. The number of benzene rings is 2. The summed E-state index contributed by atoms with van der Waals surface area (Å²) in [4.78, 5) is 25.9. The fourth-order valence-corrected chi connectivity index (χ4v) is 4.15. The summed E-state index contributed by atoms with van der Waals surface area (Å²) in [6.45, 7) is 3.60. The molecule has 5 rings (SSSR count). The van der Waals surface area contributed by atoms with E-state index in [1.165, 1.54) is 17.0 Å². The number of aryl methyl sites for hydroxylation is 2. The minimum atomic E-state index is -4.60. The van der Waals surface area contributed by atoms with Crippen LogP contribution < -0.4 is 15.4 Å². The number of imidazole rings is 1. The maximum atomic E-state index is 13.6. The van der Waals surface area contributed by atoms with Gasteiger partial charge < -0.3 is 19.9 Å². The molecule has 0 spiro atoms. The Kier molecular flexibility index (Phi) is 7.43. The van der Waals surface area contributed by atoms with Gasteiger partial charge in [0.25, 0.3) is 5.91 Å². The Morgan fingerprint density at radius 3 is 2.44 bits per heavy atom. The van der Waals surface area contributed by atoms with Crippen LogP contribution in [0.2, 0.25) is 0 Å². The van der Waals surface area contributed by atoms with E-state index in [1.807, 2.05) is 25.1 Å². The minimum Gasteiger partial charge on any atom is -0.481 e. The van der Waals surface area contributed by atoms with Gasteiger partial charge in [-0.1, -0.05) is 6.07 Å². The Bertz CT molecular complexity index is 1710. The van der Waals surface area contributed by atoms with Crippen LogP contribution in [0.1, 0.15) is 27.2 Å². The lowest BCUT2D eigenvalue weighted by atomic mass is 10.1. The number of nitrogens with one attached hydrogen (secondary N) is 2. The number of nitrogens with zero attached hydrogens (tertiary/aromatic N) is 4.